The summed E-state index contributed by atoms with van der Waals surface area (Å²) in [6.07, 6.45) is 5.51. The number of rotatable bonds is 2. The van der Waals surface area contributed by atoms with E-state index < -0.39 is 0 Å². The van der Waals surface area contributed by atoms with Gasteiger partial charge in [0.1, 0.15) is 0 Å². The smallest absolute Gasteiger partial charge is 0.339 e. The van der Waals surface area contributed by atoms with E-state index >= 15 is 0 Å². The average Bonchev–Trinajstić information content (AvgIpc) is 3.10. The highest BCUT2D eigenvalue weighted by Crippen LogP contribution is 2.50. The molecule has 1 aliphatic carbocycles. The van der Waals surface area contributed by atoms with Crippen LogP contribution in [0, 0.1) is 5.92 Å². The van der Waals surface area contributed by atoms with Crippen molar-refractivity contribution in [1.29, 1.82) is 0 Å². The fourth-order valence-corrected chi connectivity index (χ4v) is 4.03. The molecular weight excluding hydrogens is 322 g/mol. The number of fused-ring (bicyclic) bond motifs is 3. The van der Waals surface area contributed by atoms with Crippen molar-refractivity contribution in [1.82, 2.24) is 0 Å². The molecular formula is C20H18ClNO2. The first-order valence-corrected chi connectivity index (χ1v) is 8.46. The predicted octanol–water partition coefficient (Wildman–Crippen LogP) is 4.95. The molecule has 2 aliphatic rings. The summed E-state index contributed by atoms with van der Waals surface area (Å²) in [5, 5.41) is 4.33. The monoisotopic (exact) mass is 339 g/mol. The number of esters is 1. The highest BCUT2D eigenvalue weighted by Gasteiger charge is 2.39. The minimum Gasteiger partial charge on any atom is -0.465 e. The van der Waals surface area contributed by atoms with Crippen LogP contribution in [0.3, 0.4) is 0 Å². The van der Waals surface area contributed by atoms with Gasteiger partial charge in [-0.25, -0.2) is 4.79 Å². The minimum atomic E-state index is -0.311. The van der Waals surface area contributed by atoms with E-state index in [4.69, 9.17) is 16.3 Å². The number of hydrogen-bond donors (Lipinski definition) is 1. The molecule has 2 aromatic carbocycles. The molecule has 3 atom stereocenters. The zero-order chi connectivity index (χ0) is 16.7. The van der Waals surface area contributed by atoms with E-state index in [9.17, 15) is 4.79 Å². The maximum absolute atomic E-state index is 12.2. The first kappa shape index (κ1) is 15.3. The molecule has 0 spiro atoms. The third-order valence-electron chi connectivity index (χ3n) is 5.03. The third-order valence-corrected chi connectivity index (χ3v) is 5.28. The molecule has 4 rings (SSSR count). The number of hydrogen-bond acceptors (Lipinski definition) is 3. The largest absolute Gasteiger partial charge is 0.465 e. The van der Waals surface area contributed by atoms with Gasteiger partial charge in [0.2, 0.25) is 0 Å². The molecule has 0 saturated carbocycles. The first-order chi connectivity index (χ1) is 11.7. The molecule has 0 bridgehead atoms. The zero-order valence-corrected chi connectivity index (χ0v) is 14.1. The van der Waals surface area contributed by atoms with Crippen molar-refractivity contribution in [3.8, 4) is 0 Å². The number of carbonyl (C=O) groups is 1. The van der Waals surface area contributed by atoms with Gasteiger partial charge < -0.3 is 10.1 Å². The Balaban J connectivity index is 1.82. The van der Waals surface area contributed by atoms with Crippen LogP contribution in [0.2, 0.25) is 5.02 Å². The molecule has 24 heavy (non-hydrogen) atoms. The molecule has 0 saturated heterocycles. The summed E-state index contributed by atoms with van der Waals surface area (Å²) in [6, 6.07) is 13.9. The Hall–Kier alpha value is -2.26. The Bertz CT molecular complexity index is 813. The molecule has 1 aliphatic heterocycles. The summed E-state index contributed by atoms with van der Waals surface area (Å²) in [6.45, 7) is 0. The van der Waals surface area contributed by atoms with Crippen molar-refractivity contribution >= 4 is 23.3 Å². The van der Waals surface area contributed by atoms with Crippen LogP contribution in [0.1, 0.15) is 39.9 Å². The maximum Gasteiger partial charge on any atom is 0.339 e. The summed E-state index contributed by atoms with van der Waals surface area (Å²) >= 11 is 6.03. The number of carbonyl (C=O) groups excluding carboxylic acids is 1. The average molecular weight is 340 g/mol. The zero-order valence-electron chi connectivity index (χ0n) is 13.3. The Labute approximate surface area is 146 Å². The molecule has 0 radical (unpaired) electrons. The van der Waals surface area contributed by atoms with Crippen LogP contribution in [0.5, 0.6) is 0 Å². The first-order valence-electron chi connectivity index (χ1n) is 8.09. The van der Waals surface area contributed by atoms with Crippen LogP contribution in [0.15, 0.2) is 54.6 Å². The van der Waals surface area contributed by atoms with Crippen molar-refractivity contribution in [2.75, 3.05) is 12.4 Å². The van der Waals surface area contributed by atoms with E-state index in [1.807, 2.05) is 24.3 Å². The summed E-state index contributed by atoms with van der Waals surface area (Å²) in [5.41, 5.74) is 3.83. The number of para-hydroxylation sites is 1. The van der Waals surface area contributed by atoms with Gasteiger partial charge in [-0.3, -0.25) is 0 Å². The summed E-state index contributed by atoms with van der Waals surface area (Å²) in [5.74, 6) is 0.438. The Kier molecular flexibility index (Phi) is 3.81. The fourth-order valence-electron chi connectivity index (χ4n) is 3.90. The summed E-state index contributed by atoms with van der Waals surface area (Å²) < 4.78 is 4.96. The molecule has 0 amide bonds. The number of anilines is 1. The van der Waals surface area contributed by atoms with Gasteiger partial charge in [0.05, 0.1) is 24.4 Å². The van der Waals surface area contributed by atoms with Crippen LogP contribution in [-0.2, 0) is 4.74 Å². The standard InChI is InChI=1S/C20H18ClNO2/c1-24-20(23)17-7-3-6-16-14-4-2-5-15(14)18(22-19(16)17)12-8-10-13(21)11-9-12/h2-4,6-11,14-15,18,22H,5H2,1H3/t14-,15+,18+/m1/s1. The normalized spacial score (nSPS) is 24.0. The second-order valence-corrected chi connectivity index (χ2v) is 6.72. The van der Waals surface area contributed by atoms with Crippen molar-refractivity contribution in [3.05, 3.63) is 76.3 Å². The second kappa shape index (κ2) is 5.99. The number of methoxy groups -OCH3 is 1. The van der Waals surface area contributed by atoms with Gasteiger partial charge in [-0.1, -0.05) is 48.0 Å². The van der Waals surface area contributed by atoms with E-state index in [0.717, 1.165) is 17.1 Å². The van der Waals surface area contributed by atoms with Crippen LogP contribution in [0.4, 0.5) is 5.69 Å². The summed E-state index contributed by atoms with van der Waals surface area (Å²) in [4.78, 5) is 12.2. The molecule has 0 aromatic heterocycles. The lowest BCUT2D eigenvalue weighted by Crippen LogP contribution is -2.30. The van der Waals surface area contributed by atoms with Gasteiger partial charge in [-0.2, -0.15) is 0 Å². The molecule has 1 N–H and O–H groups in total. The van der Waals surface area contributed by atoms with Gasteiger partial charge in [0.15, 0.2) is 0 Å². The van der Waals surface area contributed by atoms with Crippen LogP contribution in [-0.4, -0.2) is 13.1 Å². The van der Waals surface area contributed by atoms with Gasteiger partial charge in [-0.15, -0.1) is 0 Å². The van der Waals surface area contributed by atoms with Crippen molar-refractivity contribution < 1.29 is 9.53 Å². The molecule has 4 heteroatoms. The van der Waals surface area contributed by atoms with Gasteiger partial charge in [-0.05, 0) is 41.7 Å². The molecule has 2 aromatic rings. The number of benzene rings is 2. The molecule has 122 valence electrons. The second-order valence-electron chi connectivity index (χ2n) is 6.29. The molecule has 1 heterocycles. The van der Waals surface area contributed by atoms with Crippen molar-refractivity contribution in [3.63, 3.8) is 0 Å². The van der Waals surface area contributed by atoms with Crippen LogP contribution in [0.25, 0.3) is 0 Å². The number of nitrogens with one attached hydrogen (secondary N) is 1. The lowest BCUT2D eigenvalue weighted by molar-refractivity contribution is 0.0601. The Morgan fingerprint density at radius 2 is 2.00 bits per heavy atom. The number of ether oxygens (including phenoxy) is 1. The van der Waals surface area contributed by atoms with Gasteiger partial charge in [0, 0.05) is 10.9 Å². The Morgan fingerprint density at radius 3 is 2.75 bits per heavy atom. The van der Waals surface area contributed by atoms with Gasteiger partial charge >= 0.3 is 5.97 Å². The van der Waals surface area contributed by atoms with Crippen LogP contribution < -0.4 is 5.32 Å². The fraction of sp³-hybridized carbons (Fsp3) is 0.250. The SMILES string of the molecule is COC(=O)c1cccc2c1N[C@@H](c1ccc(Cl)cc1)[C@H]1CC=C[C@@H]21. The van der Waals surface area contributed by atoms with Crippen LogP contribution >= 0.6 is 11.6 Å². The van der Waals surface area contributed by atoms with Gasteiger partial charge in [0.25, 0.3) is 0 Å². The van der Waals surface area contributed by atoms with E-state index in [0.29, 0.717) is 17.4 Å². The number of halogens is 1. The lowest BCUT2D eigenvalue weighted by Gasteiger charge is -2.38. The molecule has 3 nitrogen and oxygen atoms in total. The predicted molar refractivity (Wildman–Crippen MR) is 95.6 cm³/mol. The Morgan fingerprint density at radius 1 is 1.21 bits per heavy atom. The topological polar surface area (TPSA) is 38.3 Å². The van der Waals surface area contributed by atoms with E-state index in [1.165, 1.54) is 18.2 Å². The lowest BCUT2D eigenvalue weighted by atomic mass is 9.76. The van der Waals surface area contributed by atoms with Crippen molar-refractivity contribution in [2.24, 2.45) is 5.92 Å². The summed E-state index contributed by atoms with van der Waals surface area (Å²) in [7, 11) is 1.42. The molecule has 0 unspecified atom stereocenters. The highest BCUT2D eigenvalue weighted by molar-refractivity contribution is 6.30. The minimum absolute atomic E-state index is 0.139. The van der Waals surface area contributed by atoms with E-state index in [1.54, 1.807) is 0 Å². The molecule has 0 fully saturated rings. The van der Waals surface area contributed by atoms with E-state index in [-0.39, 0.29) is 12.0 Å². The quantitative estimate of drug-likeness (QED) is 0.621. The number of allylic oxidation sites excluding steroid dienone is 2. The highest BCUT2D eigenvalue weighted by atomic mass is 35.5. The van der Waals surface area contributed by atoms with E-state index in [2.05, 4.69) is 35.7 Å². The maximum atomic E-state index is 12.2. The van der Waals surface area contributed by atoms with Crippen molar-refractivity contribution in [2.45, 2.75) is 18.4 Å². The third kappa shape index (κ3) is 2.40.